The number of nitrogens with one attached hydrogen (secondary N) is 1. The number of fused-ring (bicyclic) bond motifs is 1. The Hall–Kier alpha value is -2.67. The molecule has 1 atom stereocenters. The zero-order valence-electron chi connectivity index (χ0n) is 15.1. The maximum absolute atomic E-state index is 5.70. The molecule has 7 heteroatoms. The fraction of sp³-hybridized carbons (Fsp3) is 0.421. The Kier molecular flexibility index (Phi) is 4.71. The van der Waals surface area contributed by atoms with Crippen molar-refractivity contribution in [2.24, 2.45) is 0 Å². The van der Waals surface area contributed by atoms with Crippen molar-refractivity contribution < 1.29 is 9.47 Å². The van der Waals surface area contributed by atoms with Gasteiger partial charge in [0.15, 0.2) is 5.65 Å². The fourth-order valence-corrected chi connectivity index (χ4v) is 3.17. The normalized spacial score (nSPS) is 16.9. The third-order valence-electron chi connectivity index (χ3n) is 4.63. The number of aryl methyl sites for hydroxylation is 1. The van der Waals surface area contributed by atoms with E-state index in [1.54, 1.807) is 7.11 Å². The second kappa shape index (κ2) is 7.29. The van der Waals surface area contributed by atoms with Crippen LogP contribution in [0.4, 0.5) is 5.82 Å². The molecular weight excluding hydrogens is 330 g/mol. The van der Waals surface area contributed by atoms with Crippen LogP contribution in [-0.4, -0.2) is 46.1 Å². The molecule has 1 fully saturated rings. The van der Waals surface area contributed by atoms with Gasteiger partial charge in [0, 0.05) is 19.6 Å². The molecule has 3 aromatic rings. The highest BCUT2D eigenvalue weighted by Gasteiger charge is 2.18. The van der Waals surface area contributed by atoms with Gasteiger partial charge in [-0.05, 0) is 37.1 Å². The van der Waals surface area contributed by atoms with Crippen LogP contribution < -0.4 is 10.1 Å². The largest absolute Gasteiger partial charge is 0.497 e. The van der Waals surface area contributed by atoms with Crippen molar-refractivity contribution >= 4 is 16.9 Å². The summed E-state index contributed by atoms with van der Waals surface area (Å²) in [6, 6.07) is 7.78. The molecule has 1 aliphatic rings. The predicted octanol–water partition coefficient (Wildman–Crippen LogP) is 2.98. The lowest BCUT2D eigenvalue weighted by Crippen LogP contribution is -2.19. The van der Waals surface area contributed by atoms with Crippen molar-refractivity contribution in [3.05, 3.63) is 36.3 Å². The fourth-order valence-electron chi connectivity index (χ4n) is 3.17. The van der Waals surface area contributed by atoms with Gasteiger partial charge in [-0.25, -0.2) is 14.6 Å². The highest BCUT2D eigenvalue weighted by molar-refractivity contribution is 5.87. The molecule has 0 bridgehead atoms. The highest BCUT2D eigenvalue weighted by Crippen LogP contribution is 2.24. The van der Waals surface area contributed by atoms with Crippen LogP contribution in [0.2, 0.25) is 0 Å². The molecule has 1 aromatic carbocycles. The van der Waals surface area contributed by atoms with Crippen molar-refractivity contribution in [3.8, 4) is 11.4 Å². The minimum absolute atomic E-state index is 0.252. The monoisotopic (exact) mass is 353 g/mol. The summed E-state index contributed by atoms with van der Waals surface area (Å²) in [6.07, 6.45) is 5.05. The van der Waals surface area contributed by atoms with E-state index >= 15 is 0 Å². The van der Waals surface area contributed by atoms with E-state index < -0.39 is 0 Å². The number of anilines is 1. The molecule has 7 nitrogen and oxygen atoms in total. The number of hydrogen-bond donors (Lipinski definition) is 1. The van der Waals surface area contributed by atoms with Crippen molar-refractivity contribution in [1.29, 1.82) is 0 Å². The lowest BCUT2D eigenvalue weighted by Gasteiger charge is -2.13. The van der Waals surface area contributed by atoms with E-state index in [4.69, 9.17) is 14.5 Å². The maximum Gasteiger partial charge on any atom is 0.168 e. The number of rotatable bonds is 6. The summed E-state index contributed by atoms with van der Waals surface area (Å²) in [7, 11) is 1.66. The first-order valence-corrected chi connectivity index (χ1v) is 9.03. The molecule has 1 saturated heterocycles. The molecule has 0 amide bonds. The van der Waals surface area contributed by atoms with Gasteiger partial charge in [0.2, 0.25) is 0 Å². The molecular formula is C19H23N5O2. The van der Waals surface area contributed by atoms with Crippen LogP contribution in [0.5, 0.6) is 5.75 Å². The Balaban J connectivity index is 1.69. The molecule has 0 aliphatic carbocycles. The topological polar surface area (TPSA) is 74.1 Å². The predicted molar refractivity (Wildman–Crippen MR) is 100 cm³/mol. The van der Waals surface area contributed by atoms with Crippen LogP contribution in [0, 0.1) is 0 Å². The van der Waals surface area contributed by atoms with Crippen LogP contribution >= 0.6 is 0 Å². The molecule has 1 N–H and O–H groups in total. The van der Waals surface area contributed by atoms with E-state index in [-0.39, 0.29) is 6.10 Å². The third-order valence-corrected chi connectivity index (χ3v) is 4.63. The summed E-state index contributed by atoms with van der Waals surface area (Å²) in [6.45, 7) is 3.66. The average molecular weight is 353 g/mol. The lowest BCUT2D eigenvalue weighted by molar-refractivity contribution is 0.120. The molecule has 2 aromatic heterocycles. The van der Waals surface area contributed by atoms with Crippen LogP contribution in [0.1, 0.15) is 25.6 Å². The Bertz CT molecular complexity index is 885. The van der Waals surface area contributed by atoms with E-state index in [2.05, 4.69) is 22.3 Å². The molecule has 0 spiro atoms. The Morgan fingerprint density at radius 2 is 2.12 bits per heavy atom. The average Bonchev–Trinajstić information content (AvgIpc) is 3.35. The molecule has 4 rings (SSSR count). The summed E-state index contributed by atoms with van der Waals surface area (Å²) in [4.78, 5) is 9.36. The zero-order chi connectivity index (χ0) is 17.9. The second-order valence-electron chi connectivity index (χ2n) is 6.35. The molecule has 26 heavy (non-hydrogen) atoms. The van der Waals surface area contributed by atoms with Gasteiger partial charge in [-0.2, -0.15) is 5.10 Å². The maximum atomic E-state index is 5.70. The van der Waals surface area contributed by atoms with Gasteiger partial charge in [-0.1, -0.05) is 6.92 Å². The molecule has 1 aliphatic heterocycles. The van der Waals surface area contributed by atoms with Crippen LogP contribution in [0.3, 0.4) is 0 Å². The minimum atomic E-state index is 0.252. The standard InChI is InChI=1S/C19H23N5O2/c1-3-17-22-18(20-11-15-5-4-10-26-15)16-12-21-24(19(16)23-17)13-6-8-14(25-2)9-7-13/h6-9,12,15H,3-5,10-11H2,1-2H3,(H,20,22,23)/t15-/m1/s1. The van der Waals surface area contributed by atoms with Gasteiger partial charge in [0.1, 0.15) is 17.4 Å². The summed E-state index contributed by atoms with van der Waals surface area (Å²) in [5.74, 6) is 2.43. The number of methoxy groups -OCH3 is 1. The van der Waals surface area contributed by atoms with Crippen molar-refractivity contribution in [1.82, 2.24) is 19.7 Å². The SMILES string of the molecule is CCc1nc(NC[C@H]2CCCO2)c2cnn(-c3ccc(OC)cc3)c2n1. The lowest BCUT2D eigenvalue weighted by atomic mass is 10.2. The number of nitrogens with zero attached hydrogens (tertiary/aromatic N) is 4. The first kappa shape index (κ1) is 16.8. The van der Waals surface area contributed by atoms with E-state index in [1.807, 2.05) is 35.1 Å². The Morgan fingerprint density at radius 1 is 1.27 bits per heavy atom. The summed E-state index contributed by atoms with van der Waals surface area (Å²) >= 11 is 0. The van der Waals surface area contributed by atoms with Crippen LogP contribution in [-0.2, 0) is 11.2 Å². The van der Waals surface area contributed by atoms with Gasteiger partial charge in [0.25, 0.3) is 0 Å². The van der Waals surface area contributed by atoms with Crippen molar-refractivity contribution in [3.63, 3.8) is 0 Å². The van der Waals surface area contributed by atoms with Gasteiger partial charge < -0.3 is 14.8 Å². The quantitative estimate of drug-likeness (QED) is 0.734. The highest BCUT2D eigenvalue weighted by atomic mass is 16.5. The smallest absolute Gasteiger partial charge is 0.168 e. The molecule has 136 valence electrons. The van der Waals surface area contributed by atoms with Crippen molar-refractivity contribution in [2.75, 3.05) is 25.6 Å². The van der Waals surface area contributed by atoms with Gasteiger partial charge in [0.05, 0.1) is 30.5 Å². The number of benzene rings is 1. The second-order valence-corrected chi connectivity index (χ2v) is 6.35. The number of hydrogen-bond acceptors (Lipinski definition) is 6. The zero-order valence-corrected chi connectivity index (χ0v) is 15.1. The van der Waals surface area contributed by atoms with Gasteiger partial charge >= 0.3 is 0 Å². The molecule has 0 unspecified atom stereocenters. The van der Waals surface area contributed by atoms with Crippen LogP contribution in [0.15, 0.2) is 30.5 Å². The minimum Gasteiger partial charge on any atom is -0.497 e. The van der Waals surface area contributed by atoms with Gasteiger partial charge in [-0.3, -0.25) is 0 Å². The van der Waals surface area contributed by atoms with E-state index in [0.717, 1.165) is 66.5 Å². The third kappa shape index (κ3) is 3.22. The molecule has 0 radical (unpaired) electrons. The molecule has 0 saturated carbocycles. The summed E-state index contributed by atoms with van der Waals surface area (Å²) in [5, 5.41) is 8.89. The van der Waals surface area contributed by atoms with E-state index in [1.165, 1.54) is 0 Å². The summed E-state index contributed by atoms with van der Waals surface area (Å²) < 4.78 is 12.8. The molecule has 3 heterocycles. The number of ether oxygens (including phenoxy) is 2. The Morgan fingerprint density at radius 3 is 2.81 bits per heavy atom. The van der Waals surface area contributed by atoms with Crippen molar-refractivity contribution in [2.45, 2.75) is 32.3 Å². The first-order valence-electron chi connectivity index (χ1n) is 9.03. The van der Waals surface area contributed by atoms with E-state index in [9.17, 15) is 0 Å². The Labute approximate surface area is 152 Å². The van der Waals surface area contributed by atoms with Gasteiger partial charge in [-0.15, -0.1) is 0 Å². The van der Waals surface area contributed by atoms with E-state index in [0.29, 0.717) is 0 Å². The summed E-state index contributed by atoms with van der Waals surface area (Å²) in [5.41, 5.74) is 1.74. The van der Waals surface area contributed by atoms with Crippen LogP contribution in [0.25, 0.3) is 16.7 Å². The number of aromatic nitrogens is 4. The first-order chi connectivity index (χ1) is 12.8.